The molecular weight excluding hydrogens is 262 g/mol. The fraction of sp³-hybridized carbons (Fsp3) is 0.765. The Morgan fingerprint density at radius 3 is 2.81 bits per heavy atom. The topological polar surface area (TPSA) is 38.1 Å². The second-order valence-corrected chi connectivity index (χ2v) is 6.76. The van der Waals surface area contributed by atoms with Crippen molar-refractivity contribution in [3.8, 4) is 0 Å². The lowest BCUT2D eigenvalue weighted by Crippen LogP contribution is -2.37. The second-order valence-electron chi connectivity index (χ2n) is 6.76. The Balaban J connectivity index is 1.57. The van der Waals surface area contributed by atoms with Crippen LogP contribution in [0.1, 0.15) is 63.6 Å². The third kappa shape index (κ3) is 3.73. The molecule has 0 N–H and O–H groups in total. The predicted molar refractivity (Wildman–Crippen MR) is 83.0 cm³/mol. The van der Waals surface area contributed by atoms with Crippen molar-refractivity contribution in [1.82, 2.24) is 14.7 Å². The molecule has 4 heteroatoms. The minimum atomic E-state index is 0.235. The molecule has 0 bridgehead atoms. The average molecular weight is 289 g/mol. The fourth-order valence-electron chi connectivity index (χ4n) is 3.77. The summed E-state index contributed by atoms with van der Waals surface area (Å²) in [6.45, 7) is 4.63. The number of ketones is 1. The van der Waals surface area contributed by atoms with Crippen molar-refractivity contribution < 1.29 is 4.79 Å². The number of nitrogens with zero attached hydrogens (tertiary/aromatic N) is 3. The summed E-state index contributed by atoms with van der Waals surface area (Å²) in [4.78, 5) is 14.0. The number of carbonyl (C=O) groups excluding carboxylic acids is 1. The van der Waals surface area contributed by atoms with Crippen molar-refractivity contribution in [2.24, 2.45) is 5.92 Å². The molecule has 2 aliphatic rings. The largest absolute Gasteiger partial charge is 0.300 e. The van der Waals surface area contributed by atoms with E-state index < -0.39 is 0 Å². The van der Waals surface area contributed by atoms with Crippen molar-refractivity contribution in [2.45, 2.75) is 64.5 Å². The minimum absolute atomic E-state index is 0.235. The summed E-state index contributed by atoms with van der Waals surface area (Å²) in [5.41, 5.74) is 1.16. The van der Waals surface area contributed by atoms with Crippen LogP contribution in [0.5, 0.6) is 0 Å². The molecule has 2 fully saturated rings. The van der Waals surface area contributed by atoms with Gasteiger partial charge in [0.05, 0.1) is 11.7 Å². The lowest BCUT2D eigenvalue weighted by molar-refractivity contribution is -0.122. The molecule has 0 amide bonds. The lowest BCUT2D eigenvalue weighted by Gasteiger charge is -2.30. The molecule has 1 unspecified atom stereocenters. The number of rotatable bonds is 4. The zero-order chi connectivity index (χ0) is 14.7. The Morgan fingerprint density at radius 1 is 1.24 bits per heavy atom. The molecule has 0 spiro atoms. The van der Waals surface area contributed by atoms with Crippen LogP contribution < -0.4 is 0 Å². The van der Waals surface area contributed by atoms with Gasteiger partial charge in [0.1, 0.15) is 5.78 Å². The highest BCUT2D eigenvalue weighted by atomic mass is 16.1. The second kappa shape index (κ2) is 6.73. The van der Waals surface area contributed by atoms with Crippen LogP contribution in [0.25, 0.3) is 0 Å². The Bertz CT molecular complexity index is 476. The molecule has 2 heterocycles. The maximum atomic E-state index is 11.6. The maximum Gasteiger partial charge on any atom is 0.134 e. The molecule has 1 aromatic rings. The van der Waals surface area contributed by atoms with Gasteiger partial charge in [0.25, 0.3) is 0 Å². The summed E-state index contributed by atoms with van der Waals surface area (Å²) in [7, 11) is 0. The van der Waals surface area contributed by atoms with Crippen molar-refractivity contribution >= 4 is 5.78 Å². The van der Waals surface area contributed by atoms with E-state index in [-0.39, 0.29) is 5.92 Å². The van der Waals surface area contributed by atoms with Gasteiger partial charge in [0.2, 0.25) is 0 Å². The smallest absolute Gasteiger partial charge is 0.134 e. The molecule has 1 saturated heterocycles. The number of piperidine rings is 1. The van der Waals surface area contributed by atoms with Crippen LogP contribution in [0.3, 0.4) is 0 Å². The Hall–Kier alpha value is -1.16. The Morgan fingerprint density at radius 2 is 2.05 bits per heavy atom. The van der Waals surface area contributed by atoms with E-state index in [1.807, 2.05) is 0 Å². The first kappa shape index (κ1) is 14.8. The predicted octanol–water partition coefficient (Wildman–Crippen LogP) is 3.19. The van der Waals surface area contributed by atoms with Gasteiger partial charge in [-0.05, 0) is 45.2 Å². The van der Waals surface area contributed by atoms with Crippen molar-refractivity contribution in [2.75, 3.05) is 13.1 Å². The Kier molecular flexibility index (Phi) is 4.73. The van der Waals surface area contributed by atoms with E-state index in [4.69, 9.17) is 5.10 Å². The van der Waals surface area contributed by atoms with E-state index in [0.717, 1.165) is 38.2 Å². The first-order chi connectivity index (χ1) is 10.2. The summed E-state index contributed by atoms with van der Waals surface area (Å²) in [6, 6.07) is 2.77. The van der Waals surface area contributed by atoms with Crippen LogP contribution in [-0.2, 0) is 11.3 Å². The third-order valence-corrected chi connectivity index (χ3v) is 5.08. The summed E-state index contributed by atoms with van der Waals surface area (Å²) in [6.07, 6.45) is 10.9. The molecule has 1 aliphatic heterocycles. The van der Waals surface area contributed by atoms with E-state index in [1.54, 1.807) is 6.92 Å². The standard InChI is InChI=1S/C17H27N3O/c1-14(21)15-6-5-10-19(12-15)13-16-9-11-20(18-16)17-7-3-2-4-8-17/h9,11,15,17H,2-8,10,12-13H2,1H3. The summed E-state index contributed by atoms with van der Waals surface area (Å²) >= 11 is 0. The highest BCUT2D eigenvalue weighted by Crippen LogP contribution is 2.27. The number of hydrogen-bond donors (Lipinski definition) is 0. The quantitative estimate of drug-likeness (QED) is 0.854. The van der Waals surface area contributed by atoms with Crippen LogP contribution >= 0.6 is 0 Å². The number of hydrogen-bond acceptors (Lipinski definition) is 3. The van der Waals surface area contributed by atoms with Crippen molar-refractivity contribution in [3.05, 3.63) is 18.0 Å². The van der Waals surface area contributed by atoms with Gasteiger partial charge < -0.3 is 0 Å². The minimum Gasteiger partial charge on any atom is -0.300 e. The van der Waals surface area contributed by atoms with Crippen LogP contribution in [0, 0.1) is 5.92 Å². The Labute approximate surface area is 127 Å². The van der Waals surface area contributed by atoms with Gasteiger partial charge in [0.15, 0.2) is 0 Å². The number of likely N-dealkylation sites (tertiary alicyclic amines) is 1. The molecule has 21 heavy (non-hydrogen) atoms. The van der Waals surface area contributed by atoms with Gasteiger partial charge in [-0.1, -0.05) is 19.3 Å². The molecule has 1 atom stereocenters. The van der Waals surface area contributed by atoms with Crippen LogP contribution in [0.2, 0.25) is 0 Å². The van der Waals surface area contributed by atoms with Crippen LogP contribution in [0.4, 0.5) is 0 Å². The molecule has 1 aliphatic carbocycles. The number of carbonyl (C=O) groups is 1. The SMILES string of the molecule is CC(=O)C1CCCN(Cc2ccn(C3CCCCC3)n2)C1. The highest BCUT2D eigenvalue weighted by Gasteiger charge is 2.24. The van der Waals surface area contributed by atoms with Crippen molar-refractivity contribution in [3.63, 3.8) is 0 Å². The van der Waals surface area contributed by atoms with E-state index in [2.05, 4.69) is 21.8 Å². The normalized spacial score (nSPS) is 25.1. The van der Waals surface area contributed by atoms with Gasteiger partial charge in [-0.3, -0.25) is 14.4 Å². The first-order valence-corrected chi connectivity index (χ1v) is 8.49. The monoisotopic (exact) mass is 289 g/mol. The van der Waals surface area contributed by atoms with Gasteiger partial charge in [-0.15, -0.1) is 0 Å². The molecule has 0 radical (unpaired) electrons. The maximum absolute atomic E-state index is 11.6. The molecule has 0 aromatic carbocycles. The van der Waals surface area contributed by atoms with Crippen LogP contribution in [-0.4, -0.2) is 33.6 Å². The summed E-state index contributed by atoms with van der Waals surface area (Å²) in [5.74, 6) is 0.576. The zero-order valence-corrected chi connectivity index (χ0v) is 13.1. The molecule has 1 aromatic heterocycles. The molecule has 4 nitrogen and oxygen atoms in total. The summed E-state index contributed by atoms with van der Waals surface area (Å²) in [5, 5.41) is 4.79. The van der Waals surface area contributed by atoms with Gasteiger partial charge in [0, 0.05) is 25.2 Å². The lowest BCUT2D eigenvalue weighted by atomic mass is 9.94. The summed E-state index contributed by atoms with van der Waals surface area (Å²) < 4.78 is 2.18. The highest BCUT2D eigenvalue weighted by molar-refractivity contribution is 5.78. The number of Topliss-reactive ketones (excluding diaryl/α,β-unsaturated/α-hetero) is 1. The zero-order valence-electron chi connectivity index (χ0n) is 13.1. The molecule has 116 valence electrons. The first-order valence-electron chi connectivity index (χ1n) is 8.49. The van der Waals surface area contributed by atoms with Gasteiger partial charge in [-0.2, -0.15) is 5.10 Å². The fourth-order valence-corrected chi connectivity index (χ4v) is 3.77. The van der Waals surface area contributed by atoms with E-state index in [0.29, 0.717) is 11.8 Å². The van der Waals surface area contributed by atoms with Crippen LogP contribution in [0.15, 0.2) is 12.3 Å². The molecule has 3 rings (SSSR count). The molecule has 1 saturated carbocycles. The third-order valence-electron chi connectivity index (χ3n) is 5.08. The van der Waals surface area contributed by atoms with Crippen molar-refractivity contribution in [1.29, 1.82) is 0 Å². The van der Waals surface area contributed by atoms with Gasteiger partial charge in [-0.25, -0.2) is 0 Å². The number of aromatic nitrogens is 2. The van der Waals surface area contributed by atoms with E-state index >= 15 is 0 Å². The molecular formula is C17H27N3O. The van der Waals surface area contributed by atoms with Gasteiger partial charge >= 0.3 is 0 Å². The average Bonchev–Trinajstić information content (AvgIpc) is 2.97. The van der Waals surface area contributed by atoms with E-state index in [1.165, 1.54) is 32.1 Å². The van der Waals surface area contributed by atoms with E-state index in [9.17, 15) is 4.79 Å².